The predicted octanol–water partition coefficient (Wildman–Crippen LogP) is 2.35. The molecule has 2 saturated carbocycles. The number of fused-ring (bicyclic) bond motifs is 2. The Morgan fingerprint density at radius 3 is 2.53 bits per heavy atom. The fourth-order valence-corrected chi connectivity index (χ4v) is 4.29. The molecule has 3 aliphatic rings. The summed E-state index contributed by atoms with van der Waals surface area (Å²) in [5, 5.41) is 6.55. The summed E-state index contributed by atoms with van der Waals surface area (Å²) in [5.74, 6) is 3.62. The lowest BCUT2D eigenvalue weighted by atomic mass is 9.88. The number of hydrogen-bond acceptors (Lipinski definition) is 2. The summed E-state index contributed by atoms with van der Waals surface area (Å²) in [4.78, 5) is 11.9. The van der Waals surface area contributed by atoms with Gasteiger partial charge in [0.05, 0.1) is 0 Å². The van der Waals surface area contributed by atoms with Crippen molar-refractivity contribution in [1.29, 1.82) is 0 Å². The first-order chi connectivity index (χ1) is 8.81. The van der Waals surface area contributed by atoms with E-state index in [2.05, 4.69) is 10.6 Å². The molecule has 0 aromatic carbocycles. The molecule has 3 fully saturated rings. The summed E-state index contributed by atoms with van der Waals surface area (Å²) >= 11 is 0. The van der Waals surface area contributed by atoms with Crippen LogP contribution in [0.4, 0.5) is 0 Å². The summed E-state index contributed by atoms with van der Waals surface area (Å²) in [7, 11) is 0. The molecule has 0 aromatic heterocycles. The third-order valence-corrected chi connectivity index (χ3v) is 5.38. The molecule has 3 atom stereocenters. The van der Waals surface area contributed by atoms with E-state index in [4.69, 9.17) is 0 Å². The second-order valence-corrected chi connectivity index (χ2v) is 6.64. The predicted molar refractivity (Wildman–Crippen MR) is 79.4 cm³/mol. The third kappa shape index (κ3) is 3.85. The van der Waals surface area contributed by atoms with E-state index in [0.29, 0.717) is 11.8 Å². The zero-order chi connectivity index (χ0) is 12.4. The smallest absolute Gasteiger partial charge is 0.220 e. The standard InChI is InChI=1S/C15H26N2O.ClH/c18-15(9-11-3-5-16-6-4-11)17-10-14-8-12-1-2-13(14)7-12;/h11-14,16H,1-10H2,(H,17,18);1H. The van der Waals surface area contributed by atoms with Crippen molar-refractivity contribution < 1.29 is 4.79 Å². The quantitative estimate of drug-likeness (QED) is 0.833. The van der Waals surface area contributed by atoms with Gasteiger partial charge in [-0.05, 0) is 68.9 Å². The fraction of sp³-hybridized carbons (Fsp3) is 0.933. The molecule has 1 heterocycles. The molecule has 0 aromatic rings. The summed E-state index contributed by atoms with van der Waals surface area (Å²) in [6, 6.07) is 0. The molecule has 19 heavy (non-hydrogen) atoms. The molecule has 3 unspecified atom stereocenters. The maximum Gasteiger partial charge on any atom is 0.220 e. The van der Waals surface area contributed by atoms with Crippen LogP contribution in [0, 0.1) is 23.7 Å². The van der Waals surface area contributed by atoms with Crippen molar-refractivity contribution in [2.45, 2.75) is 44.9 Å². The zero-order valence-electron chi connectivity index (χ0n) is 11.7. The molecule has 0 spiro atoms. The Balaban J connectivity index is 0.00000133. The van der Waals surface area contributed by atoms with E-state index >= 15 is 0 Å². The number of hydrogen-bond donors (Lipinski definition) is 2. The molecule has 0 radical (unpaired) electrons. The lowest BCUT2D eigenvalue weighted by Crippen LogP contribution is -2.35. The molecule has 3 nitrogen and oxygen atoms in total. The van der Waals surface area contributed by atoms with E-state index in [1.807, 2.05) is 0 Å². The van der Waals surface area contributed by atoms with Crippen LogP contribution in [0.15, 0.2) is 0 Å². The van der Waals surface area contributed by atoms with Crippen molar-refractivity contribution in [3.63, 3.8) is 0 Å². The molecule has 1 saturated heterocycles. The van der Waals surface area contributed by atoms with Gasteiger partial charge in [-0.15, -0.1) is 12.4 Å². The topological polar surface area (TPSA) is 41.1 Å². The van der Waals surface area contributed by atoms with Gasteiger partial charge in [0.2, 0.25) is 5.91 Å². The van der Waals surface area contributed by atoms with Gasteiger partial charge < -0.3 is 10.6 Å². The first-order valence-corrected chi connectivity index (χ1v) is 7.78. The van der Waals surface area contributed by atoms with E-state index in [1.54, 1.807) is 0 Å². The normalized spacial score (nSPS) is 34.0. The van der Waals surface area contributed by atoms with Crippen molar-refractivity contribution >= 4 is 18.3 Å². The molecule has 4 heteroatoms. The van der Waals surface area contributed by atoms with E-state index in [9.17, 15) is 4.79 Å². The van der Waals surface area contributed by atoms with Gasteiger partial charge in [0, 0.05) is 13.0 Å². The Labute approximate surface area is 122 Å². The van der Waals surface area contributed by atoms with Gasteiger partial charge in [-0.3, -0.25) is 4.79 Å². The van der Waals surface area contributed by atoms with Gasteiger partial charge in [-0.25, -0.2) is 0 Å². The number of nitrogens with one attached hydrogen (secondary N) is 2. The minimum absolute atomic E-state index is 0. The molecule has 110 valence electrons. The first-order valence-electron chi connectivity index (χ1n) is 7.78. The Hall–Kier alpha value is -0.280. The largest absolute Gasteiger partial charge is 0.356 e. The summed E-state index contributed by atoms with van der Waals surface area (Å²) in [5.41, 5.74) is 0. The average Bonchev–Trinajstić information content (AvgIpc) is 3.00. The second kappa shape index (κ2) is 6.94. The fourth-order valence-electron chi connectivity index (χ4n) is 4.29. The third-order valence-electron chi connectivity index (χ3n) is 5.38. The number of halogens is 1. The summed E-state index contributed by atoms with van der Waals surface area (Å²) in [6.45, 7) is 3.12. The molecule has 2 N–H and O–H groups in total. The van der Waals surface area contributed by atoms with Gasteiger partial charge in [0.15, 0.2) is 0 Å². The Morgan fingerprint density at radius 2 is 1.89 bits per heavy atom. The van der Waals surface area contributed by atoms with Gasteiger partial charge >= 0.3 is 0 Å². The van der Waals surface area contributed by atoms with Gasteiger partial charge in [-0.2, -0.15) is 0 Å². The molecule has 3 rings (SSSR count). The SMILES string of the molecule is Cl.O=C(CC1CCNCC1)NCC1CC2CCC1C2. The maximum absolute atomic E-state index is 11.9. The van der Waals surface area contributed by atoms with Crippen LogP contribution in [0.3, 0.4) is 0 Å². The molecule has 1 aliphatic heterocycles. The second-order valence-electron chi connectivity index (χ2n) is 6.64. The number of carbonyl (C=O) groups is 1. The van der Waals surface area contributed by atoms with Crippen molar-refractivity contribution in [2.75, 3.05) is 19.6 Å². The highest BCUT2D eigenvalue weighted by atomic mass is 35.5. The van der Waals surface area contributed by atoms with E-state index in [1.165, 1.54) is 38.5 Å². The monoisotopic (exact) mass is 286 g/mol. The Bertz CT molecular complexity index is 305. The van der Waals surface area contributed by atoms with Crippen LogP contribution in [0.2, 0.25) is 0 Å². The number of carbonyl (C=O) groups excluding carboxylic acids is 1. The van der Waals surface area contributed by atoms with Crippen LogP contribution in [0.25, 0.3) is 0 Å². The minimum Gasteiger partial charge on any atom is -0.356 e. The number of rotatable bonds is 4. The molecule has 2 aliphatic carbocycles. The van der Waals surface area contributed by atoms with Crippen molar-refractivity contribution in [3.05, 3.63) is 0 Å². The van der Waals surface area contributed by atoms with Crippen molar-refractivity contribution in [2.24, 2.45) is 23.7 Å². The summed E-state index contributed by atoms with van der Waals surface area (Å²) in [6.07, 6.45) is 8.77. The lowest BCUT2D eigenvalue weighted by molar-refractivity contribution is -0.122. The minimum atomic E-state index is 0. The van der Waals surface area contributed by atoms with Crippen LogP contribution in [-0.2, 0) is 4.79 Å². The molecular weight excluding hydrogens is 260 g/mol. The van der Waals surface area contributed by atoms with E-state index in [0.717, 1.165) is 43.8 Å². The number of piperidine rings is 1. The van der Waals surface area contributed by atoms with Gasteiger partial charge in [0.1, 0.15) is 0 Å². The highest BCUT2D eigenvalue weighted by molar-refractivity contribution is 5.85. The van der Waals surface area contributed by atoms with Crippen molar-refractivity contribution in [1.82, 2.24) is 10.6 Å². The van der Waals surface area contributed by atoms with Crippen LogP contribution in [0.5, 0.6) is 0 Å². The van der Waals surface area contributed by atoms with E-state index in [-0.39, 0.29) is 12.4 Å². The first kappa shape index (κ1) is 15.1. The highest BCUT2D eigenvalue weighted by Crippen LogP contribution is 2.47. The van der Waals surface area contributed by atoms with Crippen LogP contribution in [0.1, 0.15) is 44.9 Å². The average molecular weight is 287 g/mol. The zero-order valence-corrected chi connectivity index (χ0v) is 12.5. The highest BCUT2D eigenvalue weighted by Gasteiger charge is 2.39. The molecule has 2 bridgehead atoms. The van der Waals surface area contributed by atoms with Crippen molar-refractivity contribution in [3.8, 4) is 0 Å². The van der Waals surface area contributed by atoms with Crippen LogP contribution < -0.4 is 10.6 Å². The Morgan fingerprint density at radius 1 is 1.11 bits per heavy atom. The molecule has 1 amide bonds. The van der Waals surface area contributed by atoms with E-state index < -0.39 is 0 Å². The summed E-state index contributed by atoms with van der Waals surface area (Å²) < 4.78 is 0. The maximum atomic E-state index is 11.9. The van der Waals surface area contributed by atoms with Gasteiger partial charge in [0.25, 0.3) is 0 Å². The van der Waals surface area contributed by atoms with Crippen LogP contribution >= 0.6 is 12.4 Å². The Kier molecular flexibility index (Phi) is 5.52. The van der Waals surface area contributed by atoms with Crippen LogP contribution in [-0.4, -0.2) is 25.5 Å². The lowest BCUT2D eigenvalue weighted by Gasteiger charge is -2.24. The molecular formula is C15H27ClN2O. The van der Waals surface area contributed by atoms with Gasteiger partial charge in [-0.1, -0.05) is 6.42 Å². The number of amides is 1.